The van der Waals surface area contributed by atoms with Crippen molar-refractivity contribution >= 4 is 35.0 Å². The van der Waals surface area contributed by atoms with E-state index in [1.54, 1.807) is 0 Å². The van der Waals surface area contributed by atoms with Gasteiger partial charge in [0, 0.05) is 22.2 Å². The molecule has 3 aromatic carbocycles. The second kappa shape index (κ2) is 10.4. The standard InChI is InChI=1S/C26H26N2O3S/c1-2-24(32-23-10-6-7-20(17-23)28-25(29)18-11-12-18)26(30)27-19-13-15-22(16-14-19)31-21-8-4-3-5-9-21/h3-10,13-18,24H,2,11-12H2,1H3,(H,27,30)(H,28,29). The third-order valence-corrected chi connectivity index (χ3v) is 6.45. The first-order valence-electron chi connectivity index (χ1n) is 10.8. The highest BCUT2D eigenvalue weighted by molar-refractivity contribution is 8.00. The minimum Gasteiger partial charge on any atom is -0.457 e. The summed E-state index contributed by atoms with van der Waals surface area (Å²) in [7, 11) is 0. The zero-order valence-electron chi connectivity index (χ0n) is 17.9. The number of nitrogens with one attached hydrogen (secondary N) is 2. The van der Waals surface area contributed by atoms with Crippen molar-refractivity contribution in [2.24, 2.45) is 5.92 Å². The highest BCUT2D eigenvalue weighted by Gasteiger charge is 2.29. The number of carbonyl (C=O) groups is 2. The summed E-state index contributed by atoms with van der Waals surface area (Å²) in [4.78, 5) is 25.8. The summed E-state index contributed by atoms with van der Waals surface area (Å²) >= 11 is 1.50. The minimum atomic E-state index is -0.246. The number of ether oxygens (including phenoxy) is 1. The van der Waals surface area contributed by atoms with E-state index in [0.717, 1.165) is 34.9 Å². The van der Waals surface area contributed by atoms with Crippen LogP contribution in [-0.4, -0.2) is 17.1 Å². The topological polar surface area (TPSA) is 67.4 Å². The average Bonchev–Trinajstić information content (AvgIpc) is 3.65. The SMILES string of the molecule is CCC(Sc1cccc(NC(=O)C2CC2)c1)C(=O)Nc1ccc(Oc2ccccc2)cc1. The van der Waals surface area contributed by atoms with E-state index in [4.69, 9.17) is 4.74 Å². The Morgan fingerprint density at radius 2 is 1.62 bits per heavy atom. The number of anilines is 2. The maximum absolute atomic E-state index is 12.9. The molecular formula is C26H26N2O3S. The molecule has 1 unspecified atom stereocenters. The predicted molar refractivity (Wildman–Crippen MR) is 129 cm³/mol. The number of para-hydroxylation sites is 1. The summed E-state index contributed by atoms with van der Waals surface area (Å²) < 4.78 is 5.80. The number of thioether (sulfide) groups is 1. The van der Waals surface area contributed by atoms with Crippen LogP contribution < -0.4 is 15.4 Å². The van der Waals surface area contributed by atoms with Crippen molar-refractivity contribution in [3.8, 4) is 11.5 Å². The molecule has 32 heavy (non-hydrogen) atoms. The number of hydrogen-bond acceptors (Lipinski definition) is 4. The number of benzene rings is 3. The van der Waals surface area contributed by atoms with Gasteiger partial charge >= 0.3 is 0 Å². The molecule has 1 saturated carbocycles. The molecule has 1 atom stereocenters. The van der Waals surface area contributed by atoms with Crippen LogP contribution in [0.5, 0.6) is 11.5 Å². The summed E-state index contributed by atoms with van der Waals surface area (Å²) in [5.41, 5.74) is 1.50. The molecule has 1 aliphatic carbocycles. The van der Waals surface area contributed by atoms with Gasteiger partial charge in [0.1, 0.15) is 11.5 Å². The lowest BCUT2D eigenvalue weighted by atomic mass is 10.2. The third kappa shape index (κ3) is 6.14. The van der Waals surface area contributed by atoms with Gasteiger partial charge in [0.2, 0.25) is 11.8 Å². The number of carbonyl (C=O) groups excluding carboxylic acids is 2. The third-order valence-electron chi connectivity index (χ3n) is 5.09. The van der Waals surface area contributed by atoms with Crippen molar-refractivity contribution in [2.45, 2.75) is 36.3 Å². The molecule has 1 aliphatic rings. The van der Waals surface area contributed by atoms with Crippen LogP contribution in [-0.2, 0) is 9.59 Å². The van der Waals surface area contributed by atoms with Crippen molar-refractivity contribution in [3.05, 3.63) is 78.9 Å². The lowest BCUT2D eigenvalue weighted by Gasteiger charge is -2.16. The maximum atomic E-state index is 12.9. The molecule has 0 aliphatic heterocycles. The second-order valence-corrected chi connectivity index (χ2v) is 9.01. The van der Waals surface area contributed by atoms with Crippen molar-refractivity contribution in [2.75, 3.05) is 10.6 Å². The lowest BCUT2D eigenvalue weighted by molar-refractivity contribution is -0.117. The monoisotopic (exact) mass is 446 g/mol. The number of amides is 2. The van der Waals surface area contributed by atoms with Crippen molar-refractivity contribution in [3.63, 3.8) is 0 Å². The highest BCUT2D eigenvalue weighted by Crippen LogP contribution is 2.32. The van der Waals surface area contributed by atoms with Crippen LogP contribution in [0.2, 0.25) is 0 Å². The van der Waals surface area contributed by atoms with E-state index >= 15 is 0 Å². The Morgan fingerprint density at radius 3 is 2.31 bits per heavy atom. The van der Waals surface area contributed by atoms with Crippen LogP contribution in [0, 0.1) is 5.92 Å². The van der Waals surface area contributed by atoms with E-state index in [1.165, 1.54) is 11.8 Å². The average molecular weight is 447 g/mol. The fourth-order valence-electron chi connectivity index (χ4n) is 3.18. The van der Waals surface area contributed by atoms with E-state index in [9.17, 15) is 9.59 Å². The molecule has 3 aromatic rings. The smallest absolute Gasteiger partial charge is 0.237 e. The van der Waals surface area contributed by atoms with E-state index in [2.05, 4.69) is 10.6 Å². The molecule has 164 valence electrons. The normalized spacial score (nSPS) is 13.8. The first-order valence-corrected chi connectivity index (χ1v) is 11.7. The van der Waals surface area contributed by atoms with Gasteiger partial charge in [-0.2, -0.15) is 0 Å². The molecule has 0 saturated heterocycles. The summed E-state index contributed by atoms with van der Waals surface area (Å²) in [5, 5.41) is 5.71. The Kier molecular flexibility index (Phi) is 7.12. The number of hydrogen-bond donors (Lipinski definition) is 2. The van der Waals surface area contributed by atoms with Gasteiger partial charge in [-0.1, -0.05) is 31.2 Å². The van der Waals surface area contributed by atoms with E-state index in [1.807, 2.05) is 85.8 Å². The molecule has 6 heteroatoms. The Hall–Kier alpha value is -3.25. The van der Waals surface area contributed by atoms with Crippen molar-refractivity contribution in [1.29, 1.82) is 0 Å². The van der Waals surface area contributed by atoms with Gasteiger partial charge in [-0.15, -0.1) is 11.8 Å². The highest BCUT2D eigenvalue weighted by atomic mass is 32.2. The summed E-state index contributed by atoms with van der Waals surface area (Å²) in [6.45, 7) is 1.99. The van der Waals surface area contributed by atoms with Gasteiger partial charge in [-0.3, -0.25) is 9.59 Å². The van der Waals surface area contributed by atoms with Gasteiger partial charge in [-0.05, 0) is 73.9 Å². The minimum absolute atomic E-state index is 0.0540. The van der Waals surface area contributed by atoms with Gasteiger partial charge in [0.15, 0.2) is 0 Å². The molecule has 2 amide bonds. The van der Waals surface area contributed by atoms with Gasteiger partial charge in [-0.25, -0.2) is 0 Å². The molecular weight excluding hydrogens is 420 g/mol. The second-order valence-electron chi connectivity index (χ2n) is 7.73. The van der Waals surface area contributed by atoms with E-state index < -0.39 is 0 Å². The molecule has 0 radical (unpaired) electrons. The van der Waals surface area contributed by atoms with Gasteiger partial charge in [0.05, 0.1) is 5.25 Å². The van der Waals surface area contributed by atoms with Crippen LogP contribution in [0.15, 0.2) is 83.8 Å². The molecule has 0 bridgehead atoms. The fraction of sp³-hybridized carbons (Fsp3) is 0.231. The largest absolute Gasteiger partial charge is 0.457 e. The maximum Gasteiger partial charge on any atom is 0.237 e. The lowest BCUT2D eigenvalue weighted by Crippen LogP contribution is -2.24. The Balaban J connectivity index is 1.34. The zero-order valence-corrected chi connectivity index (χ0v) is 18.7. The summed E-state index contributed by atoms with van der Waals surface area (Å²) in [6.07, 6.45) is 2.62. The molecule has 4 rings (SSSR count). The molecule has 2 N–H and O–H groups in total. The Labute approximate surface area is 192 Å². The summed E-state index contributed by atoms with van der Waals surface area (Å²) in [5.74, 6) is 1.66. The molecule has 0 aromatic heterocycles. The fourth-order valence-corrected chi connectivity index (χ4v) is 4.19. The quantitative estimate of drug-likeness (QED) is 0.377. The van der Waals surface area contributed by atoms with Crippen LogP contribution in [0.3, 0.4) is 0 Å². The Bertz CT molecular complexity index is 1070. The molecule has 1 fully saturated rings. The molecule has 0 heterocycles. The van der Waals surface area contributed by atoms with Crippen LogP contribution in [0.1, 0.15) is 26.2 Å². The Morgan fingerprint density at radius 1 is 0.906 bits per heavy atom. The summed E-state index contributed by atoms with van der Waals surface area (Å²) in [6, 6.07) is 24.6. The number of rotatable bonds is 9. The predicted octanol–water partition coefficient (Wildman–Crippen LogP) is 6.34. The molecule has 5 nitrogen and oxygen atoms in total. The van der Waals surface area contributed by atoms with Crippen molar-refractivity contribution < 1.29 is 14.3 Å². The molecule has 0 spiro atoms. The van der Waals surface area contributed by atoms with Gasteiger partial charge < -0.3 is 15.4 Å². The van der Waals surface area contributed by atoms with E-state index in [-0.39, 0.29) is 23.0 Å². The van der Waals surface area contributed by atoms with E-state index in [0.29, 0.717) is 12.2 Å². The van der Waals surface area contributed by atoms with Crippen LogP contribution in [0.4, 0.5) is 11.4 Å². The first kappa shape index (κ1) is 22.0. The van der Waals surface area contributed by atoms with Gasteiger partial charge in [0.25, 0.3) is 0 Å². The van der Waals surface area contributed by atoms with Crippen LogP contribution >= 0.6 is 11.8 Å². The van der Waals surface area contributed by atoms with Crippen LogP contribution in [0.25, 0.3) is 0 Å². The zero-order chi connectivity index (χ0) is 22.3. The van der Waals surface area contributed by atoms with Crippen molar-refractivity contribution in [1.82, 2.24) is 0 Å². The first-order chi connectivity index (χ1) is 15.6.